The number of aliphatic carboxylic acids is 1. The van der Waals surface area contributed by atoms with Crippen molar-refractivity contribution in [2.75, 3.05) is 18.5 Å². The molecule has 2 aromatic carbocycles. The van der Waals surface area contributed by atoms with Gasteiger partial charge in [-0.05, 0) is 52.3 Å². The Hall–Kier alpha value is -4.21. The van der Waals surface area contributed by atoms with Gasteiger partial charge in [-0.15, -0.1) is 0 Å². The number of ether oxygens (including phenoxy) is 1. The number of carbonyl (C=O) groups is 3. The lowest BCUT2D eigenvalue weighted by atomic mass is 9.98. The molecule has 1 fully saturated rings. The van der Waals surface area contributed by atoms with E-state index >= 15 is 0 Å². The molecule has 0 saturated carbocycles. The average molecular weight is 462 g/mol. The van der Waals surface area contributed by atoms with E-state index in [1.54, 1.807) is 0 Å². The number of carbonyl (C=O) groups excluding carboxylic acids is 2. The van der Waals surface area contributed by atoms with E-state index in [0.29, 0.717) is 12.8 Å². The van der Waals surface area contributed by atoms with Gasteiger partial charge < -0.3 is 14.7 Å². The summed E-state index contributed by atoms with van der Waals surface area (Å²) in [4.78, 5) is 38.5. The lowest BCUT2D eigenvalue weighted by Gasteiger charge is -2.30. The Morgan fingerprint density at radius 3 is 2.41 bits per heavy atom. The van der Waals surface area contributed by atoms with Crippen molar-refractivity contribution in [2.24, 2.45) is 0 Å². The van der Waals surface area contributed by atoms with Crippen LogP contribution in [0.5, 0.6) is 0 Å². The summed E-state index contributed by atoms with van der Waals surface area (Å²) in [6.07, 6.45) is 0.0257. The maximum atomic E-state index is 13.0. The number of likely N-dealkylation sites (tertiary alicyclic amines) is 1. The molecule has 0 radical (unpaired) electrons. The minimum Gasteiger partial charge on any atom is -0.480 e. The first-order valence-corrected chi connectivity index (χ1v) is 10.9. The topological polar surface area (TPSA) is 135 Å². The third-order valence-corrected chi connectivity index (χ3v) is 6.60. The minimum atomic E-state index is -1.36. The second-order valence-corrected chi connectivity index (χ2v) is 8.55. The van der Waals surface area contributed by atoms with Gasteiger partial charge in [0, 0.05) is 12.5 Å². The summed E-state index contributed by atoms with van der Waals surface area (Å²) in [6, 6.07) is 15.9. The molecule has 1 aliphatic heterocycles. The molecule has 34 heavy (non-hydrogen) atoms. The molecule has 0 bridgehead atoms. The van der Waals surface area contributed by atoms with Gasteiger partial charge in [-0.1, -0.05) is 48.5 Å². The van der Waals surface area contributed by atoms with Crippen molar-refractivity contribution in [3.8, 4) is 11.1 Å². The third-order valence-electron chi connectivity index (χ3n) is 6.60. The summed E-state index contributed by atoms with van der Waals surface area (Å²) in [5, 5.41) is 19.2. The fraction of sp³-hybridized carbons (Fsp3) is 0.292. The predicted molar refractivity (Wildman–Crippen MR) is 119 cm³/mol. The number of anilines is 1. The van der Waals surface area contributed by atoms with Crippen LogP contribution in [0.15, 0.2) is 53.2 Å². The number of amides is 2. The van der Waals surface area contributed by atoms with E-state index < -0.39 is 23.5 Å². The van der Waals surface area contributed by atoms with Crippen LogP contribution in [0.3, 0.4) is 0 Å². The van der Waals surface area contributed by atoms with Crippen LogP contribution in [0.2, 0.25) is 0 Å². The van der Waals surface area contributed by atoms with Gasteiger partial charge in [-0.2, -0.15) is 0 Å². The first kappa shape index (κ1) is 21.6. The van der Waals surface area contributed by atoms with Gasteiger partial charge in [0.15, 0.2) is 0 Å². The Balaban J connectivity index is 1.29. The van der Waals surface area contributed by atoms with Crippen LogP contribution in [-0.2, 0) is 9.53 Å². The summed E-state index contributed by atoms with van der Waals surface area (Å²) >= 11 is 0. The highest BCUT2D eigenvalue weighted by Crippen LogP contribution is 2.44. The Bertz CT molecular complexity index is 1240. The SMILES string of the molecule is C[C@@]1(C(=O)O)CCCN1C(=O)c1nonc1NC(=O)OCC1c2ccccc2-c2ccccc21. The number of nitrogens with one attached hydrogen (secondary N) is 1. The molecule has 1 saturated heterocycles. The Kier molecular flexibility index (Phi) is 5.27. The first-order chi connectivity index (χ1) is 16.4. The molecule has 0 unspecified atom stereocenters. The minimum absolute atomic E-state index is 0.0810. The molecule has 2 heterocycles. The second kappa shape index (κ2) is 8.29. The van der Waals surface area contributed by atoms with Crippen molar-refractivity contribution in [1.82, 2.24) is 15.2 Å². The number of carboxylic acids is 1. The second-order valence-electron chi connectivity index (χ2n) is 8.55. The predicted octanol–water partition coefficient (Wildman–Crippen LogP) is 3.51. The van der Waals surface area contributed by atoms with E-state index in [1.807, 2.05) is 48.5 Å². The molecule has 174 valence electrons. The van der Waals surface area contributed by atoms with Gasteiger partial charge >= 0.3 is 12.1 Å². The van der Waals surface area contributed by atoms with Crippen LogP contribution < -0.4 is 5.32 Å². The van der Waals surface area contributed by atoms with Crippen LogP contribution >= 0.6 is 0 Å². The molecule has 10 heteroatoms. The molecular weight excluding hydrogens is 440 g/mol. The van der Waals surface area contributed by atoms with E-state index in [2.05, 4.69) is 20.3 Å². The summed E-state index contributed by atoms with van der Waals surface area (Å²) in [6.45, 7) is 1.81. The van der Waals surface area contributed by atoms with Crippen molar-refractivity contribution < 1.29 is 28.9 Å². The quantitative estimate of drug-likeness (QED) is 0.588. The van der Waals surface area contributed by atoms with Gasteiger partial charge in [-0.3, -0.25) is 10.1 Å². The summed E-state index contributed by atoms with van der Waals surface area (Å²) in [5.74, 6) is -2.14. The van der Waals surface area contributed by atoms with Crippen LogP contribution in [0.4, 0.5) is 10.6 Å². The molecular formula is C24H22N4O6. The third kappa shape index (κ3) is 3.47. The van der Waals surface area contributed by atoms with Crippen LogP contribution in [-0.4, -0.2) is 57.0 Å². The van der Waals surface area contributed by atoms with E-state index in [1.165, 1.54) is 11.8 Å². The van der Waals surface area contributed by atoms with Gasteiger partial charge in [-0.25, -0.2) is 14.2 Å². The van der Waals surface area contributed by atoms with E-state index in [4.69, 9.17) is 4.74 Å². The van der Waals surface area contributed by atoms with Gasteiger partial charge in [0.05, 0.1) is 0 Å². The number of benzene rings is 2. The Morgan fingerprint density at radius 1 is 1.12 bits per heavy atom. The largest absolute Gasteiger partial charge is 0.480 e. The standard InChI is InChI=1S/C24H22N4O6/c1-24(22(30)31)11-6-12-28(24)21(29)19-20(27-34-26-19)25-23(32)33-13-18-16-9-4-2-7-14(16)15-8-3-5-10-17(15)18/h2-5,7-10,18H,6,11-13H2,1H3,(H,30,31)(H,25,27,32)/t24-/m0/s1. The fourth-order valence-electron chi connectivity index (χ4n) is 4.78. The van der Waals surface area contributed by atoms with Crippen molar-refractivity contribution in [2.45, 2.75) is 31.2 Å². The monoisotopic (exact) mass is 462 g/mol. The Morgan fingerprint density at radius 2 is 1.76 bits per heavy atom. The molecule has 1 atom stereocenters. The lowest BCUT2D eigenvalue weighted by Crippen LogP contribution is -2.51. The summed E-state index contributed by atoms with van der Waals surface area (Å²) in [5.41, 5.74) is 2.70. The molecule has 10 nitrogen and oxygen atoms in total. The van der Waals surface area contributed by atoms with E-state index in [9.17, 15) is 19.5 Å². The number of rotatable bonds is 5. The lowest BCUT2D eigenvalue weighted by molar-refractivity contribution is -0.147. The molecule has 2 aliphatic rings. The molecule has 5 rings (SSSR count). The maximum absolute atomic E-state index is 13.0. The number of carboxylic acid groups (broad SMARTS) is 1. The number of hydrogen-bond donors (Lipinski definition) is 2. The zero-order valence-corrected chi connectivity index (χ0v) is 18.4. The maximum Gasteiger partial charge on any atom is 0.412 e. The van der Waals surface area contributed by atoms with Crippen molar-refractivity contribution >= 4 is 23.8 Å². The van der Waals surface area contributed by atoms with E-state index in [0.717, 1.165) is 22.3 Å². The summed E-state index contributed by atoms with van der Waals surface area (Å²) in [7, 11) is 0. The van der Waals surface area contributed by atoms with Gasteiger partial charge in [0.1, 0.15) is 12.1 Å². The fourth-order valence-corrected chi connectivity index (χ4v) is 4.78. The molecule has 2 N–H and O–H groups in total. The van der Waals surface area contributed by atoms with Crippen LogP contribution in [0, 0.1) is 0 Å². The molecule has 3 aromatic rings. The average Bonchev–Trinajstić information content (AvgIpc) is 3.54. The number of fused-ring (bicyclic) bond motifs is 3. The van der Waals surface area contributed by atoms with Crippen molar-refractivity contribution in [3.05, 3.63) is 65.4 Å². The highest BCUT2D eigenvalue weighted by atomic mass is 16.6. The molecule has 1 aromatic heterocycles. The van der Waals surface area contributed by atoms with Gasteiger partial charge in [0.25, 0.3) is 5.91 Å². The normalized spacial score (nSPS) is 18.9. The van der Waals surface area contributed by atoms with Crippen molar-refractivity contribution in [1.29, 1.82) is 0 Å². The molecule has 2 amide bonds. The highest BCUT2D eigenvalue weighted by molar-refractivity contribution is 6.02. The molecule has 0 spiro atoms. The molecule has 1 aliphatic carbocycles. The smallest absolute Gasteiger partial charge is 0.412 e. The number of aromatic nitrogens is 2. The number of nitrogens with zero attached hydrogens (tertiary/aromatic N) is 3. The number of hydrogen-bond acceptors (Lipinski definition) is 7. The van der Waals surface area contributed by atoms with Crippen LogP contribution in [0.1, 0.15) is 47.3 Å². The summed E-state index contributed by atoms with van der Waals surface area (Å²) < 4.78 is 10.1. The first-order valence-electron chi connectivity index (χ1n) is 10.9. The van der Waals surface area contributed by atoms with Gasteiger partial charge in [0.2, 0.25) is 11.5 Å². The zero-order valence-electron chi connectivity index (χ0n) is 18.4. The highest BCUT2D eigenvalue weighted by Gasteiger charge is 2.47. The van der Waals surface area contributed by atoms with Crippen LogP contribution in [0.25, 0.3) is 11.1 Å². The Labute approximate surface area is 194 Å². The zero-order chi connectivity index (χ0) is 23.9. The van der Waals surface area contributed by atoms with E-state index in [-0.39, 0.29) is 30.6 Å². The van der Waals surface area contributed by atoms with Crippen molar-refractivity contribution in [3.63, 3.8) is 0 Å².